The van der Waals surface area contributed by atoms with Crippen molar-refractivity contribution in [1.29, 1.82) is 0 Å². The summed E-state index contributed by atoms with van der Waals surface area (Å²) in [5, 5.41) is 11.2. The third-order valence-electron chi connectivity index (χ3n) is 5.11. The number of nitro groups is 1. The van der Waals surface area contributed by atoms with E-state index >= 15 is 0 Å². The predicted octanol–water partition coefficient (Wildman–Crippen LogP) is 4.04. The first-order valence-electron chi connectivity index (χ1n) is 9.42. The Bertz CT molecular complexity index is 864. The smallest absolute Gasteiger partial charge is 0.292 e. The Morgan fingerprint density at radius 2 is 1.79 bits per heavy atom. The summed E-state index contributed by atoms with van der Waals surface area (Å²) in [5.41, 5.74) is 3.29. The number of benzene rings is 2. The molecule has 0 bridgehead atoms. The maximum atomic E-state index is 12.5. The van der Waals surface area contributed by atoms with Crippen LogP contribution in [0.1, 0.15) is 17.5 Å². The van der Waals surface area contributed by atoms with Gasteiger partial charge in [-0.2, -0.15) is 0 Å². The van der Waals surface area contributed by atoms with Crippen molar-refractivity contribution in [3.63, 3.8) is 0 Å². The summed E-state index contributed by atoms with van der Waals surface area (Å²) >= 11 is 1.71. The Hall–Kier alpha value is -2.54. The first-order chi connectivity index (χ1) is 13.5. The molecule has 3 rings (SSSR count). The van der Waals surface area contributed by atoms with Crippen LogP contribution in [0.2, 0.25) is 0 Å². The Labute approximate surface area is 169 Å². The van der Waals surface area contributed by atoms with Crippen LogP contribution in [-0.2, 0) is 4.79 Å². The van der Waals surface area contributed by atoms with Crippen molar-refractivity contribution in [2.45, 2.75) is 25.2 Å². The summed E-state index contributed by atoms with van der Waals surface area (Å²) < 4.78 is 0. The maximum Gasteiger partial charge on any atom is 0.292 e. The van der Waals surface area contributed by atoms with Gasteiger partial charge in [-0.25, -0.2) is 0 Å². The maximum absolute atomic E-state index is 12.5. The predicted molar refractivity (Wildman–Crippen MR) is 113 cm³/mol. The lowest BCUT2D eigenvalue weighted by Gasteiger charge is -2.35. The van der Waals surface area contributed by atoms with Crippen LogP contribution in [-0.4, -0.2) is 47.7 Å². The van der Waals surface area contributed by atoms with Crippen molar-refractivity contribution in [3.05, 3.63) is 63.7 Å². The molecule has 148 valence electrons. The number of thioether (sulfide) groups is 1. The summed E-state index contributed by atoms with van der Waals surface area (Å²) in [7, 11) is 0. The van der Waals surface area contributed by atoms with E-state index in [1.807, 2.05) is 15.9 Å². The highest BCUT2D eigenvalue weighted by molar-refractivity contribution is 7.99. The number of nitrogens with zero attached hydrogens (tertiary/aromatic N) is 3. The SMILES string of the molecule is Cc1ccc(SCCC(=O)N2CCN(c3ccccc3[N+](=O)[O-])CC2)cc1C. The lowest BCUT2D eigenvalue weighted by molar-refractivity contribution is -0.384. The molecule has 0 atom stereocenters. The highest BCUT2D eigenvalue weighted by atomic mass is 32.2. The molecule has 1 amide bonds. The number of amides is 1. The number of hydrogen-bond donors (Lipinski definition) is 0. The van der Waals surface area contributed by atoms with Crippen LogP contribution in [0.3, 0.4) is 0 Å². The summed E-state index contributed by atoms with van der Waals surface area (Å²) in [4.78, 5) is 28.4. The highest BCUT2D eigenvalue weighted by Gasteiger charge is 2.25. The second-order valence-electron chi connectivity index (χ2n) is 6.96. The second kappa shape index (κ2) is 9.10. The van der Waals surface area contributed by atoms with E-state index in [0.29, 0.717) is 38.3 Å². The molecule has 28 heavy (non-hydrogen) atoms. The van der Waals surface area contributed by atoms with Gasteiger partial charge in [-0.05, 0) is 43.2 Å². The molecule has 0 saturated carbocycles. The fraction of sp³-hybridized carbons (Fsp3) is 0.381. The quantitative estimate of drug-likeness (QED) is 0.417. The van der Waals surface area contributed by atoms with Crippen molar-refractivity contribution in [1.82, 2.24) is 4.90 Å². The van der Waals surface area contributed by atoms with Crippen molar-refractivity contribution in [3.8, 4) is 0 Å². The highest BCUT2D eigenvalue weighted by Crippen LogP contribution is 2.28. The lowest BCUT2D eigenvalue weighted by atomic mass is 10.1. The van der Waals surface area contributed by atoms with Gasteiger partial charge in [0.05, 0.1) is 4.92 Å². The molecule has 1 aliphatic heterocycles. The summed E-state index contributed by atoms with van der Waals surface area (Å²) in [6.07, 6.45) is 0.503. The standard InChI is InChI=1S/C21H25N3O3S/c1-16-7-8-18(15-17(16)2)28-14-9-21(25)23-12-10-22(11-13-23)19-5-3-4-6-20(19)24(26)27/h3-8,15H,9-14H2,1-2H3. The monoisotopic (exact) mass is 399 g/mol. The molecule has 0 N–H and O–H groups in total. The molecule has 7 heteroatoms. The van der Waals surface area contributed by atoms with E-state index in [0.717, 1.165) is 5.75 Å². The minimum atomic E-state index is -0.350. The van der Waals surface area contributed by atoms with Crippen LogP contribution in [0.4, 0.5) is 11.4 Å². The van der Waals surface area contributed by atoms with Crippen LogP contribution in [0.15, 0.2) is 47.4 Å². The molecule has 1 aliphatic rings. The van der Waals surface area contributed by atoms with Gasteiger partial charge in [0.1, 0.15) is 5.69 Å². The van der Waals surface area contributed by atoms with E-state index in [4.69, 9.17) is 0 Å². The van der Waals surface area contributed by atoms with Gasteiger partial charge in [-0.15, -0.1) is 11.8 Å². The minimum Gasteiger partial charge on any atom is -0.362 e. The van der Waals surface area contributed by atoms with Gasteiger partial charge in [-0.3, -0.25) is 14.9 Å². The summed E-state index contributed by atoms with van der Waals surface area (Å²) in [6, 6.07) is 13.2. The number of para-hydroxylation sites is 2. The number of hydrogen-bond acceptors (Lipinski definition) is 5. The van der Waals surface area contributed by atoms with Gasteiger partial charge in [0.2, 0.25) is 5.91 Å². The zero-order chi connectivity index (χ0) is 20.1. The van der Waals surface area contributed by atoms with Crippen LogP contribution < -0.4 is 4.90 Å². The topological polar surface area (TPSA) is 66.7 Å². The van der Waals surface area contributed by atoms with Gasteiger partial charge >= 0.3 is 0 Å². The van der Waals surface area contributed by atoms with Crippen LogP contribution >= 0.6 is 11.8 Å². The van der Waals surface area contributed by atoms with E-state index in [1.54, 1.807) is 23.9 Å². The molecular formula is C21H25N3O3S. The zero-order valence-corrected chi connectivity index (χ0v) is 17.1. The Morgan fingerprint density at radius 3 is 2.46 bits per heavy atom. The first kappa shape index (κ1) is 20.2. The number of nitro benzene ring substituents is 1. The third-order valence-corrected chi connectivity index (χ3v) is 6.11. The molecule has 0 unspecified atom stereocenters. The van der Waals surface area contributed by atoms with E-state index in [2.05, 4.69) is 32.0 Å². The number of carbonyl (C=O) groups excluding carboxylic acids is 1. The molecule has 2 aromatic carbocycles. The van der Waals surface area contributed by atoms with E-state index in [1.165, 1.54) is 22.1 Å². The van der Waals surface area contributed by atoms with Crippen LogP contribution in [0, 0.1) is 24.0 Å². The number of piperazine rings is 1. The lowest BCUT2D eigenvalue weighted by Crippen LogP contribution is -2.49. The fourth-order valence-electron chi connectivity index (χ4n) is 3.30. The number of aryl methyl sites for hydroxylation is 2. The second-order valence-corrected chi connectivity index (χ2v) is 8.13. The molecule has 1 fully saturated rings. The van der Waals surface area contributed by atoms with Crippen LogP contribution in [0.25, 0.3) is 0 Å². The molecule has 0 aromatic heterocycles. The van der Waals surface area contributed by atoms with Crippen molar-refractivity contribution in [2.24, 2.45) is 0 Å². The molecule has 6 nitrogen and oxygen atoms in total. The third kappa shape index (κ3) is 4.84. The minimum absolute atomic E-state index is 0.118. The molecule has 1 saturated heterocycles. The van der Waals surface area contributed by atoms with E-state index in [-0.39, 0.29) is 16.5 Å². The van der Waals surface area contributed by atoms with Gasteiger partial charge in [-0.1, -0.05) is 18.2 Å². The van der Waals surface area contributed by atoms with Crippen LogP contribution in [0.5, 0.6) is 0 Å². The zero-order valence-electron chi connectivity index (χ0n) is 16.3. The number of rotatable bonds is 6. The fourth-order valence-corrected chi connectivity index (χ4v) is 4.24. The normalized spacial score (nSPS) is 14.2. The summed E-state index contributed by atoms with van der Waals surface area (Å²) in [5.74, 6) is 0.907. The Morgan fingerprint density at radius 1 is 1.07 bits per heavy atom. The van der Waals surface area contributed by atoms with E-state index < -0.39 is 0 Å². The van der Waals surface area contributed by atoms with Gasteiger partial charge in [0.25, 0.3) is 5.69 Å². The summed E-state index contributed by atoms with van der Waals surface area (Å²) in [6.45, 7) is 6.61. The Balaban J connectivity index is 1.49. The Kier molecular flexibility index (Phi) is 6.57. The van der Waals surface area contributed by atoms with Crippen molar-refractivity contribution in [2.75, 3.05) is 36.8 Å². The van der Waals surface area contributed by atoms with Gasteiger partial charge in [0, 0.05) is 49.3 Å². The average Bonchev–Trinajstić information content (AvgIpc) is 2.70. The van der Waals surface area contributed by atoms with E-state index in [9.17, 15) is 14.9 Å². The van der Waals surface area contributed by atoms with Crippen molar-refractivity contribution < 1.29 is 9.72 Å². The largest absolute Gasteiger partial charge is 0.362 e. The average molecular weight is 400 g/mol. The molecule has 0 radical (unpaired) electrons. The van der Waals surface area contributed by atoms with Gasteiger partial charge in [0.15, 0.2) is 0 Å². The number of anilines is 1. The molecule has 0 aliphatic carbocycles. The molecule has 1 heterocycles. The first-order valence-corrected chi connectivity index (χ1v) is 10.4. The molecule has 0 spiro atoms. The van der Waals surface area contributed by atoms with Gasteiger partial charge < -0.3 is 9.80 Å². The van der Waals surface area contributed by atoms with Crippen molar-refractivity contribution >= 4 is 29.0 Å². The number of carbonyl (C=O) groups is 1. The molecule has 2 aromatic rings. The molecular weight excluding hydrogens is 374 g/mol.